The number of rotatable bonds is 3. The van der Waals surface area contributed by atoms with Crippen LogP contribution in [0, 0.1) is 5.92 Å². The smallest absolute Gasteiger partial charge is 0.407 e. The molecule has 1 saturated heterocycles. The lowest BCUT2D eigenvalue weighted by Gasteiger charge is -2.47. The Kier molecular flexibility index (Phi) is 3.82. The Morgan fingerprint density at radius 2 is 2.11 bits per heavy atom. The molecule has 0 spiro atoms. The summed E-state index contributed by atoms with van der Waals surface area (Å²) in [6.07, 6.45) is 0.943. The number of nitrogens with one attached hydrogen (secondary N) is 2. The second-order valence-corrected chi connectivity index (χ2v) is 6.04. The molecule has 0 bridgehead atoms. The van der Waals surface area contributed by atoms with Crippen molar-refractivity contribution in [3.8, 4) is 0 Å². The quantitative estimate of drug-likeness (QED) is 0.798. The highest BCUT2D eigenvalue weighted by Crippen LogP contribution is 2.39. The average molecular weight is 256 g/mol. The monoisotopic (exact) mass is 256 g/mol. The van der Waals surface area contributed by atoms with Gasteiger partial charge >= 0.3 is 6.09 Å². The standard InChI is InChI=1S/C13H24N2O3/c1-5-14-10-9(8-6-7-17-11(8)10)15-12(16)18-13(2,3)4/h8-11,14H,5-7H2,1-4H3,(H,15,16). The number of hydrogen-bond donors (Lipinski definition) is 2. The largest absolute Gasteiger partial charge is 0.444 e. The lowest BCUT2D eigenvalue weighted by atomic mass is 9.71. The van der Waals surface area contributed by atoms with Crippen LogP contribution in [0.5, 0.6) is 0 Å². The average Bonchev–Trinajstić information content (AvgIpc) is 2.65. The van der Waals surface area contributed by atoms with E-state index in [0.717, 1.165) is 19.6 Å². The molecule has 4 atom stereocenters. The van der Waals surface area contributed by atoms with E-state index in [4.69, 9.17) is 9.47 Å². The molecule has 1 aliphatic carbocycles. The molecule has 4 unspecified atom stereocenters. The van der Waals surface area contributed by atoms with E-state index in [2.05, 4.69) is 17.6 Å². The van der Waals surface area contributed by atoms with Gasteiger partial charge in [-0.05, 0) is 33.7 Å². The first-order valence-electron chi connectivity index (χ1n) is 6.77. The number of ether oxygens (including phenoxy) is 2. The van der Waals surface area contributed by atoms with Crippen LogP contribution in [-0.2, 0) is 9.47 Å². The number of carbonyl (C=O) groups is 1. The maximum atomic E-state index is 11.8. The van der Waals surface area contributed by atoms with Gasteiger partial charge in [0.25, 0.3) is 0 Å². The van der Waals surface area contributed by atoms with Crippen LogP contribution < -0.4 is 10.6 Å². The Labute approximate surface area is 109 Å². The summed E-state index contributed by atoms with van der Waals surface area (Å²) in [4.78, 5) is 11.8. The molecule has 1 saturated carbocycles. The topological polar surface area (TPSA) is 59.6 Å². The van der Waals surface area contributed by atoms with Crippen molar-refractivity contribution in [3.63, 3.8) is 0 Å². The molecule has 2 fully saturated rings. The maximum absolute atomic E-state index is 11.8. The number of amides is 1. The molecule has 0 aromatic rings. The molecule has 18 heavy (non-hydrogen) atoms. The zero-order chi connectivity index (χ0) is 13.3. The number of carbonyl (C=O) groups excluding carboxylic acids is 1. The van der Waals surface area contributed by atoms with E-state index >= 15 is 0 Å². The molecular weight excluding hydrogens is 232 g/mol. The van der Waals surface area contributed by atoms with E-state index in [1.165, 1.54) is 0 Å². The van der Waals surface area contributed by atoms with E-state index < -0.39 is 5.60 Å². The van der Waals surface area contributed by atoms with Crippen LogP contribution in [-0.4, -0.2) is 43.0 Å². The first-order valence-corrected chi connectivity index (χ1v) is 6.77. The van der Waals surface area contributed by atoms with Gasteiger partial charge in [-0.2, -0.15) is 0 Å². The number of alkyl carbamates (subject to hydrolysis) is 1. The van der Waals surface area contributed by atoms with Gasteiger partial charge < -0.3 is 20.1 Å². The van der Waals surface area contributed by atoms with E-state index in [-0.39, 0.29) is 24.3 Å². The van der Waals surface area contributed by atoms with Crippen molar-refractivity contribution < 1.29 is 14.3 Å². The molecule has 5 nitrogen and oxygen atoms in total. The fraction of sp³-hybridized carbons (Fsp3) is 0.923. The van der Waals surface area contributed by atoms with Crippen molar-refractivity contribution in [1.82, 2.24) is 10.6 Å². The Morgan fingerprint density at radius 3 is 2.72 bits per heavy atom. The summed E-state index contributed by atoms with van der Waals surface area (Å²) in [5.74, 6) is 0.432. The summed E-state index contributed by atoms with van der Waals surface area (Å²) in [6.45, 7) is 9.35. The second-order valence-electron chi connectivity index (χ2n) is 6.04. The molecule has 1 heterocycles. The summed E-state index contributed by atoms with van der Waals surface area (Å²) < 4.78 is 11.0. The number of likely N-dealkylation sites (N-methyl/N-ethyl adjacent to an activating group) is 1. The third-order valence-electron chi connectivity index (χ3n) is 3.51. The van der Waals surface area contributed by atoms with Gasteiger partial charge in [-0.1, -0.05) is 6.92 Å². The van der Waals surface area contributed by atoms with E-state index in [9.17, 15) is 4.79 Å². The highest BCUT2D eigenvalue weighted by molar-refractivity contribution is 5.68. The van der Waals surface area contributed by atoms with Crippen LogP contribution >= 0.6 is 0 Å². The lowest BCUT2D eigenvalue weighted by molar-refractivity contribution is -0.0331. The van der Waals surface area contributed by atoms with Gasteiger partial charge in [0.15, 0.2) is 0 Å². The van der Waals surface area contributed by atoms with Gasteiger partial charge in [0.1, 0.15) is 5.60 Å². The second kappa shape index (κ2) is 5.05. The fourth-order valence-electron chi connectivity index (χ4n) is 2.83. The minimum Gasteiger partial charge on any atom is -0.444 e. The molecule has 0 radical (unpaired) electrons. The normalized spacial score (nSPS) is 34.7. The van der Waals surface area contributed by atoms with Crippen LogP contribution in [0.2, 0.25) is 0 Å². The van der Waals surface area contributed by atoms with Crippen LogP contribution in [0.25, 0.3) is 0 Å². The maximum Gasteiger partial charge on any atom is 0.407 e. The van der Waals surface area contributed by atoms with Crippen molar-refractivity contribution in [2.45, 2.75) is 57.9 Å². The molecule has 104 valence electrons. The van der Waals surface area contributed by atoms with Crippen LogP contribution in [0.1, 0.15) is 34.1 Å². The number of hydrogen-bond acceptors (Lipinski definition) is 4. The van der Waals surface area contributed by atoms with Crippen molar-refractivity contribution in [1.29, 1.82) is 0 Å². The minimum absolute atomic E-state index is 0.132. The molecule has 1 amide bonds. The zero-order valence-corrected chi connectivity index (χ0v) is 11.7. The lowest BCUT2D eigenvalue weighted by Crippen LogP contribution is -2.70. The van der Waals surface area contributed by atoms with Gasteiger partial charge in [-0.25, -0.2) is 4.79 Å². The summed E-state index contributed by atoms with van der Waals surface area (Å²) in [5, 5.41) is 6.35. The van der Waals surface area contributed by atoms with Gasteiger partial charge in [-0.15, -0.1) is 0 Å². The van der Waals surface area contributed by atoms with Gasteiger partial charge in [0.05, 0.1) is 18.2 Å². The third-order valence-corrected chi connectivity index (χ3v) is 3.51. The van der Waals surface area contributed by atoms with Gasteiger partial charge in [0, 0.05) is 12.5 Å². The first kappa shape index (κ1) is 13.6. The SMILES string of the molecule is CCNC1C(NC(=O)OC(C)(C)C)C2CCOC21. The van der Waals surface area contributed by atoms with Crippen molar-refractivity contribution in [2.75, 3.05) is 13.2 Å². The van der Waals surface area contributed by atoms with Crippen LogP contribution in [0.3, 0.4) is 0 Å². The Morgan fingerprint density at radius 1 is 1.39 bits per heavy atom. The first-order chi connectivity index (χ1) is 8.42. The molecule has 1 aliphatic heterocycles. The van der Waals surface area contributed by atoms with Crippen LogP contribution in [0.4, 0.5) is 4.79 Å². The summed E-state index contributed by atoms with van der Waals surface area (Å²) in [5.41, 5.74) is -0.451. The highest BCUT2D eigenvalue weighted by atomic mass is 16.6. The predicted molar refractivity (Wildman–Crippen MR) is 68.5 cm³/mol. The highest BCUT2D eigenvalue weighted by Gasteiger charge is 2.54. The van der Waals surface area contributed by atoms with E-state index in [0.29, 0.717) is 5.92 Å². The van der Waals surface area contributed by atoms with Crippen molar-refractivity contribution in [2.24, 2.45) is 5.92 Å². The molecular formula is C13H24N2O3. The minimum atomic E-state index is -0.451. The molecule has 2 rings (SSSR count). The fourth-order valence-corrected chi connectivity index (χ4v) is 2.83. The van der Waals surface area contributed by atoms with E-state index in [1.807, 2.05) is 20.8 Å². The van der Waals surface area contributed by atoms with Gasteiger partial charge in [-0.3, -0.25) is 0 Å². The molecule has 0 aromatic carbocycles. The summed E-state index contributed by atoms with van der Waals surface area (Å²) >= 11 is 0. The van der Waals surface area contributed by atoms with Gasteiger partial charge in [0.2, 0.25) is 0 Å². The zero-order valence-electron chi connectivity index (χ0n) is 11.7. The molecule has 2 N–H and O–H groups in total. The van der Waals surface area contributed by atoms with E-state index in [1.54, 1.807) is 0 Å². The Bertz CT molecular complexity index is 314. The van der Waals surface area contributed by atoms with Crippen LogP contribution in [0.15, 0.2) is 0 Å². The van der Waals surface area contributed by atoms with Crippen molar-refractivity contribution in [3.05, 3.63) is 0 Å². The Hall–Kier alpha value is -0.810. The molecule has 0 aromatic heterocycles. The summed E-state index contributed by atoms with van der Waals surface area (Å²) in [6, 6.07) is 0.349. The number of fused-ring (bicyclic) bond motifs is 1. The Balaban J connectivity index is 1.89. The third kappa shape index (κ3) is 2.78. The summed E-state index contributed by atoms with van der Waals surface area (Å²) in [7, 11) is 0. The predicted octanol–water partition coefficient (Wildman–Crippen LogP) is 1.28. The molecule has 2 aliphatic rings. The molecule has 5 heteroatoms. The van der Waals surface area contributed by atoms with Crippen molar-refractivity contribution >= 4 is 6.09 Å².